The number of halogens is 1. The van der Waals surface area contributed by atoms with Crippen molar-refractivity contribution in [3.63, 3.8) is 0 Å². The summed E-state index contributed by atoms with van der Waals surface area (Å²) < 4.78 is 11.1. The maximum absolute atomic E-state index is 13.0. The van der Waals surface area contributed by atoms with E-state index in [-0.39, 0.29) is 12.3 Å². The van der Waals surface area contributed by atoms with Gasteiger partial charge in [-0.05, 0) is 54.6 Å². The van der Waals surface area contributed by atoms with Crippen molar-refractivity contribution in [2.24, 2.45) is 15.9 Å². The van der Waals surface area contributed by atoms with Gasteiger partial charge in [0.25, 0.3) is 0 Å². The number of rotatable bonds is 10. The van der Waals surface area contributed by atoms with E-state index in [9.17, 15) is 9.70 Å². The number of carbonyl (C=O) groups excluding carboxylic acids is 1. The number of aliphatic imine (C=N–C) groups is 1. The summed E-state index contributed by atoms with van der Waals surface area (Å²) in [5.74, 6) is 1.10. The lowest BCUT2D eigenvalue weighted by Gasteiger charge is -2.35. The molecule has 0 radical (unpaired) electrons. The zero-order valence-electron chi connectivity index (χ0n) is 21.2. The SMILES string of the molecule is COc1ccc2c(c1)C(c1ccc(Cl)cc1)=N[C@@H](CC(=O)NCCOc1ccccc1)C(N)N2C(C)N=O. The van der Waals surface area contributed by atoms with Gasteiger partial charge in [-0.3, -0.25) is 9.79 Å². The molecule has 198 valence electrons. The maximum atomic E-state index is 13.0. The first-order valence-corrected chi connectivity index (χ1v) is 12.6. The normalized spacial score (nSPS) is 17.5. The standard InChI is InChI=1S/C28H30ClN5O4/c1-18(33-36)34-25-13-12-22(37-2)16-23(25)27(19-8-10-20(29)11-9-19)32-24(28(34)30)17-26(35)31-14-15-38-21-6-4-3-5-7-21/h3-13,16,18,24,28H,14-15,17,30H2,1-2H3,(H,31,35)/t18?,24-,28?/m0/s1. The number of ether oxygens (including phenoxy) is 2. The molecule has 0 bridgehead atoms. The Balaban J connectivity index is 1.63. The van der Waals surface area contributed by atoms with Crippen LogP contribution in [0.25, 0.3) is 0 Å². The number of methoxy groups -OCH3 is 1. The highest BCUT2D eigenvalue weighted by molar-refractivity contribution is 6.30. The van der Waals surface area contributed by atoms with Crippen molar-refractivity contribution in [2.75, 3.05) is 25.2 Å². The molecule has 9 nitrogen and oxygen atoms in total. The van der Waals surface area contributed by atoms with Gasteiger partial charge in [0.05, 0.1) is 31.8 Å². The zero-order valence-corrected chi connectivity index (χ0v) is 22.0. The number of nitroso groups, excluding NO2 is 1. The number of anilines is 1. The van der Waals surface area contributed by atoms with Gasteiger partial charge in [-0.25, -0.2) is 0 Å². The van der Waals surface area contributed by atoms with Gasteiger partial charge in [-0.1, -0.05) is 41.9 Å². The Morgan fingerprint density at radius 3 is 2.55 bits per heavy atom. The van der Waals surface area contributed by atoms with Crippen LogP contribution in [0.2, 0.25) is 5.02 Å². The largest absolute Gasteiger partial charge is 0.497 e. The summed E-state index contributed by atoms with van der Waals surface area (Å²) in [6.07, 6.45) is -1.61. The van der Waals surface area contributed by atoms with Crippen molar-refractivity contribution in [3.8, 4) is 11.5 Å². The predicted molar refractivity (Wildman–Crippen MR) is 149 cm³/mol. The molecule has 38 heavy (non-hydrogen) atoms. The van der Waals surface area contributed by atoms with Crippen molar-refractivity contribution in [3.05, 3.63) is 93.9 Å². The van der Waals surface area contributed by atoms with Gasteiger partial charge in [0.2, 0.25) is 5.91 Å². The second-order valence-corrected chi connectivity index (χ2v) is 9.22. The highest BCUT2D eigenvalue weighted by atomic mass is 35.5. The van der Waals surface area contributed by atoms with Crippen LogP contribution in [0.3, 0.4) is 0 Å². The summed E-state index contributed by atoms with van der Waals surface area (Å²) in [5, 5.41) is 6.69. The topological polar surface area (TPSA) is 119 Å². The number of hydrogen-bond donors (Lipinski definition) is 2. The van der Waals surface area contributed by atoms with Gasteiger partial charge in [0.15, 0.2) is 6.17 Å². The third kappa shape index (κ3) is 6.30. The summed E-state index contributed by atoms with van der Waals surface area (Å²) >= 11 is 6.14. The van der Waals surface area contributed by atoms with E-state index in [1.165, 1.54) is 0 Å². The molecule has 3 atom stereocenters. The molecule has 0 fully saturated rings. The Bertz CT molecular complexity index is 1290. The van der Waals surface area contributed by atoms with Crippen LogP contribution >= 0.6 is 11.6 Å². The van der Waals surface area contributed by atoms with Crippen molar-refractivity contribution in [1.82, 2.24) is 5.32 Å². The van der Waals surface area contributed by atoms with Crippen molar-refractivity contribution >= 4 is 28.9 Å². The molecule has 1 aliphatic heterocycles. The lowest BCUT2D eigenvalue weighted by Crippen LogP contribution is -2.53. The summed E-state index contributed by atoms with van der Waals surface area (Å²) in [6, 6.07) is 21.4. The van der Waals surface area contributed by atoms with E-state index in [1.807, 2.05) is 54.6 Å². The number of nitrogens with zero attached hydrogens (tertiary/aromatic N) is 3. The smallest absolute Gasteiger partial charge is 0.222 e. The number of benzene rings is 3. The number of nitrogens with one attached hydrogen (secondary N) is 1. The monoisotopic (exact) mass is 535 g/mol. The van der Waals surface area contributed by atoms with E-state index in [0.29, 0.717) is 40.9 Å². The van der Waals surface area contributed by atoms with E-state index in [2.05, 4.69) is 10.5 Å². The van der Waals surface area contributed by atoms with Gasteiger partial charge in [0, 0.05) is 21.8 Å². The number of carbonyl (C=O) groups is 1. The molecule has 1 amide bonds. The van der Waals surface area contributed by atoms with Crippen LogP contribution in [-0.4, -0.2) is 50.3 Å². The van der Waals surface area contributed by atoms with E-state index < -0.39 is 18.4 Å². The van der Waals surface area contributed by atoms with Gasteiger partial charge in [-0.15, -0.1) is 4.91 Å². The van der Waals surface area contributed by atoms with Crippen LogP contribution in [-0.2, 0) is 4.79 Å². The lowest BCUT2D eigenvalue weighted by atomic mass is 9.99. The van der Waals surface area contributed by atoms with Crippen LogP contribution in [0.4, 0.5) is 5.69 Å². The van der Waals surface area contributed by atoms with Crippen LogP contribution in [0, 0.1) is 4.91 Å². The minimum atomic E-state index is -0.804. The molecule has 2 unspecified atom stereocenters. The van der Waals surface area contributed by atoms with Crippen molar-refractivity contribution in [2.45, 2.75) is 31.7 Å². The Morgan fingerprint density at radius 2 is 1.87 bits per heavy atom. The third-order valence-electron chi connectivity index (χ3n) is 6.25. The molecule has 1 heterocycles. The number of fused-ring (bicyclic) bond motifs is 1. The molecule has 3 aromatic rings. The van der Waals surface area contributed by atoms with E-state index in [1.54, 1.807) is 37.1 Å². The molecule has 3 N–H and O–H groups in total. The van der Waals surface area contributed by atoms with Gasteiger partial charge < -0.3 is 25.4 Å². The van der Waals surface area contributed by atoms with Crippen LogP contribution < -0.4 is 25.4 Å². The fourth-order valence-corrected chi connectivity index (χ4v) is 4.48. The van der Waals surface area contributed by atoms with E-state index in [4.69, 9.17) is 31.8 Å². The second kappa shape index (κ2) is 12.5. The molecule has 0 aliphatic carbocycles. The van der Waals surface area contributed by atoms with E-state index in [0.717, 1.165) is 11.3 Å². The number of para-hydroxylation sites is 1. The molecule has 0 saturated carbocycles. The van der Waals surface area contributed by atoms with Crippen LogP contribution in [0.15, 0.2) is 83.0 Å². The molecular formula is C28H30ClN5O4. The number of nitrogens with two attached hydrogens (primary N) is 1. The van der Waals surface area contributed by atoms with Gasteiger partial charge >= 0.3 is 0 Å². The highest BCUT2D eigenvalue weighted by Crippen LogP contribution is 2.35. The first-order chi connectivity index (χ1) is 18.4. The van der Waals surface area contributed by atoms with Gasteiger partial charge in [0.1, 0.15) is 24.3 Å². The lowest BCUT2D eigenvalue weighted by molar-refractivity contribution is -0.121. The molecule has 0 spiro atoms. The Labute approximate surface area is 226 Å². The van der Waals surface area contributed by atoms with Crippen LogP contribution in [0.1, 0.15) is 24.5 Å². The quantitative estimate of drug-likeness (QED) is 0.294. The number of benzodiazepines with no additional fused rings is 1. The summed E-state index contributed by atoms with van der Waals surface area (Å²) in [6.45, 7) is 2.29. The Kier molecular flexibility index (Phi) is 8.93. The maximum Gasteiger partial charge on any atom is 0.222 e. The molecule has 0 saturated heterocycles. The zero-order chi connectivity index (χ0) is 27.1. The molecule has 0 aromatic heterocycles. The minimum absolute atomic E-state index is 0.00318. The first kappa shape index (κ1) is 27.1. The Hall–Kier alpha value is -3.95. The summed E-state index contributed by atoms with van der Waals surface area (Å²) in [7, 11) is 1.57. The average molecular weight is 536 g/mol. The van der Waals surface area contributed by atoms with Crippen molar-refractivity contribution in [1.29, 1.82) is 0 Å². The molecule has 3 aromatic carbocycles. The van der Waals surface area contributed by atoms with E-state index >= 15 is 0 Å². The Morgan fingerprint density at radius 1 is 1.13 bits per heavy atom. The predicted octanol–water partition coefficient (Wildman–Crippen LogP) is 4.36. The van der Waals surface area contributed by atoms with Gasteiger partial charge in [-0.2, -0.15) is 0 Å². The second-order valence-electron chi connectivity index (χ2n) is 8.79. The highest BCUT2D eigenvalue weighted by Gasteiger charge is 2.35. The minimum Gasteiger partial charge on any atom is -0.497 e. The summed E-state index contributed by atoms with van der Waals surface area (Å²) in [5.41, 5.74) is 9.45. The van der Waals surface area contributed by atoms with Crippen molar-refractivity contribution < 1.29 is 14.3 Å². The summed E-state index contributed by atoms with van der Waals surface area (Å²) in [4.78, 5) is 31.3. The first-order valence-electron chi connectivity index (χ1n) is 12.2. The average Bonchev–Trinajstić information content (AvgIpc) is 3.05. The molecule has 1 aliphatic rings. The third-order valence-corrected chi connectivity index (χ3v) is 6.50. The number of amides is 1. The number of hydrogen-bond acceptors (Lipinski definition) is 8. The molecule has 10 heteroatoms. The molecule has 4 rings (SSSR count). The molecular weight excluding hydrogens is 506 g/mol. The fourth-order valence-electron chi connectivity index (χ4n) is 4.36. The van der Waals surface area contributed by atoms with Crippen LogP contribution in [0.5, 0.6) is 11.5 Å². The fraction of sp³-hybridized carbons (Fsp3) is 0.286.